The minimum absolute atomic E-state index is 0.525. The van der Waals surface area contributed by atoms with E-state index in [0.717, 1.165) is 23.5 Å². The molecule has 5 heteroatoms. The highest BCUT2D eigenvalue weighted by Gasteiger charge is 2.11. The van der Waals surface area contributed by atoms with Gasteiger partial charge in [-0.15, -0.1) is 0 Å². The van der Waals surface area contributed by atoms with Gasteiger partial charge in [0.25, 0.3) is 0 Å². The molecule has 1 unspecified atom stereocenters. The number of hydrogen-bond acceptors (Lipinski definition) is 3. The van der Waals surface area contributed by atoms with Gasteiger partial charge in [-0.2, -0.15) is 0 Å². The van der Waals surface area contributed by atoms with Crippen LogP contribution in [0.2, 0.25) is 0 Å². The lowest BCUT2D eigenvalue weighted by Gasteiger charge is -2.17. The van der Waals surface area contributed by atoms with E-state index in [9.17, 15) is 8.78 Å². The number of halogens is 2. The molecule has 2 rings (SSSR count). The van der Waals surface area contributed by atoms with Crippen LogP contribution in [0.5, 0.6) is 0 Å². The Balaban J connectivity index is 1.81. The third kappa shape index (κ3) is 3.98. The maximum Gasteiger partial charge on any atom is 0.156 e. The van der Waals surface area contributed by atoms with Gasteiger partial charge in [-0.05, 0) is 30.0 Å². The van der Waals surface area contributed by atoms with Gasteiger partial charge in [0, 0.05) is 24.9 Å². The first-order valence-corrected chi connectivity index (χ1v) is 6.98. The monoisotopic (exact) mass is 270 g/mol. The van der Waals surface area contributed by atoms with Crippen molar-refractivity contribution in [2.24, 2.45) is 10.9 Å². The first-order chi connectivity index (χ1) is 8.63. The molecule has 1 aliphatic heterocycles. The highest BCUT2D eigenvalue weighted by atomic mass is 32.2. The average Bonchev–Trinajstić information content (AvgIpc) is 2.30. The molecule has 1 N–H and O–H groups in total. The van der Waals surface area contributed by atoms with Crippen molar-refractivity contribution in [2.45, 2.75) is 13.3 Å². The standard InChI is InChI=1S/C13H16F2N2S/c1-9-7-17-13(18-8-9)16-3-2-10-4-11(14)6-12(15)5-10/h4-6,9H,2-3,7-8H2,1H3,(H,16,17). The van der Waals surface area contributed by atoms with Crippen molar-refractivity contribution in [1.82, 2.24) is 5.32 Å². The van der Waals surface area contributed by atoms with Gasteiger partial charge in [0.15, 0.2) is 5.17 Å². The molecule has 0 saturated carbocycles. The summed E-state index contributed by atoms with van der Waals surface area (Å²) in [6, 6.07) is 3.62. The summed E-state index contributed by atoms with van der Waals surface area (Å²) in [5, 5.41) is 4.13. The van der Waals surface area contributed by atoms with Crippen LogP contribution in [0.4, 0.5) is 8.78 Å². The SMILES string of the molecule is CC1CN=C(NCCc2cc(F)cc(F)c2)SC1. The van der Waals surface area contributed by atoms with E-state index < -0.39 is 11.6 Å². The molecule has 1 aromatic carbocycles. The lowest BCUT2D eigenvalue weighted by molar-refractivity contribution is 0.579. The normalized spacial score (nSPS) is 19.5. The van der Waals surface area contributed by atoms with E-state index in [0.29, 0.717) is 24.4 Å². The fourth-order valence-electron chi connectivity index (χ4n) is 1.73. The summed E-state index contributed by atoms with van der Waals surface area (Å²) in [7, 11) is 0. The summed E-state index contributed by atoms with van der Waals surface area (Å²) >= 11 is 1.70. The molecule has 98 valence electrons. The minimum atomic E-state index is -0.525. The molecule has 1 atom stereocenters. The predicted octanol–water partition coefficient (Wildman–Crippen LogP) is 2.84. The predicted molar refractivity (Wildman–Crippen MR) is 72.0 cm³/mol. The summed E-state index contributed by atoms with van der Waals surface area (Å²) in [6.45, 7) is 3.66. The summed E-state index contributed by atoms with van der Waals surface area (Å²) in [4.78, 5) is 4.40. The first-order valence-electron chi connectivity index (χ1n) is 5.99. The van der Waals surface area contributed by atoms with Gasteiger partial charge in [-0.1, -0.05) is 18.7 Å². The van der Waals surface area contributed by atoms with E-state index in [-0.39, 0.29) is 0 Å². The zero-order valence-corrected chi connectivity index (χ0v) is 11.1. The molecule has 0 fully saturated rings. The summed E-state index contributed by atoms with van der Waals surface area (Å²) in [6.07, 6.45) is 0.587. The molecule has 1 aromatic rings. The van der Waals surface area contributed by atoms with Crippen molar-refractivity contribution in [3.8, 4) is 0 Å². The molecule has 2 nitrogen and oxygen atoms in total. The van der Waals surface area contributed by atoms with Gasteiger partial charge in [-0.3, -0.25) is 4.99 Å². The third-order valence-electron chi connectivity index (χ3n) is 2.66. The van der Waals surface area contributed by atoms with Crippen LogP contribution in [0.1, 0.15) is 12.5 Å². The van der Waals surface area contributed by atoms with Crippen molar-refractivity contribution >= 4 is 16.9 Å². The van der Waals surface area contributed by atoms with Crippen molar-refractivity contribution in [3.05, 3.63) is 35.4 Å². The highest BCUT2D eigenvalue weighted by molar-refractivity contribution is 8.13. The average molecular weight is 270 g/mol. The zero-order valence-electron chi connectivity index (χ0n) is 10.2. The Morgan fingerprint density at radius 3 is 2.67 bits per heavy atom. The summed E-state index contributed by atoms with van der Waals surface area (Å²) in [5.41, 5.74) is 0.662. The van der Waals surface area contributed by atoms with E-state index in [2.05, 4.69) is 17.2 Å². The first kappa shape index (κ1) is 13.3. The number of hydrogen-bond donors (Lipinski definition) is 1. The lowest BCUT2D eigenvalue weighted by Crippen LogP contribution is -2.27. The minimum Gasteiger partial charge on any atom is -0.365 e. The maximum atomic E-state index is 13.0. The van der Waals surface area contributed by atoms with Gasteiger partial charge >= 0.3 is 0 Å². The number of nitrogens with zero attached hydrogens (tertiary/aromatic N) is 1. The van der Waals surface area contributed by atoms with Crippen molar-refractivity contribution in [3.63, 3.8) is 0 Å². The molecule has 0 aliphatic carbocycles. The lowest BCUT2D eigenvalue weighted by atomic mass is 10.1. The van der Waals surface area contributed by atoms with E-state index in [1.165, 1.54) is 12.1 Å². The second kappa shape index (κ2) is 6.18. The largest absolute Gasteiger partial charge is 0.365 e. The fourth-order valence-corrected chi connectivity index (χ4v) is 2.65. The van der Waals surface area contributed by atoms with Gasteiger partial charge in [0.2, 0.25) is 0 Å². The molecule has 0 spiro atoms. The van der Waals surface area contributed by atoms with Gasteiger partial charge in [0.05, 0.1) is 0 Å². The van der Waals surface area contributed by atoms with Gasteiger partial charge < -0.3 is 5.32 Å². The summed E-state index contributed by atoms with van der Waals surface area (Å²) in [5.74, 6) is 0.643. The third-order valence-corrected chi connectivity index (χ3v) is 3.95. The van der Waals surface area contributed by atoms with E-state index in [4.69, 9.17) is 0 Å². The van der Waals surface area contributed by atoms with Crippen molar-refractivity contribution in [1.29, 1.82) is 0 Å². The second-order valence-electron chi connectivity index (χ2n) is 4.52. The molecule has 0 radical (unpaired) electrons. The topological polar surface area (TPSA) is 24.4 Å². The molecule has 0 aromatic heterocycles. The zero-order chi connectivity index (χ0) is 13.0. The molecular formula is C13H16F2N2S. The number of amidine groups is 1. The molecule has 0 bridgehead atoms. The van der Waals surface area contributed by atoms with Crippen molar-refractivity contribution < 1.29 is 8.78 Å². The number of rotatable bonds is 3. The van der Waals surface area contributed by atoms with E-state index >= 15 is 0 Å². The van der Waals surface area contributed by atoms with Gasteiger partial charge in [0.1, 0.15) is 11.6 Å². The molecule has 0 amide bonds. The molecular weight excluding hydrogens is 254 g/mol. The Hall–Kier alpha value is -1.10. The Kier molecular flexibility index (Phi) is 4.58. The number of nitrogens with one attached hydrogen (secondary N) is 1. The second-order valence-corrected chi connectivity index (χ2v) is 5.53. The van der Waals surface area contributed by atoms with Crippen molar-refractivity contribution in [2.75, 3.05) is 18.8 Å². The van der Waals surface area contributed by atoms with Crippen LogP contribution in [0.3, 0.4) is 0 Å². The Morgan fingerprint density at radius 1 is 1.33 bits per heavy atom. The molecule has 1 aliphatic rings. The Labute approximate surface area is 110 Å². The number of thioether (sulfide) groups is 1. The van der Waals surface area contributed by atoms with Crippen LogP contribution in [0, 0.1) is 17.6 Å². The quantitative estimate of drug-likeness (QED) is 0.913. The number of benzene rings is 1. The van der Waals surface area contributed by atoms with Crippen LogP contribution < -0.4 is 5.32 Å². The van der Waals surface area contributed by atoms with Crippen LogP contribution in [-0.4, -0.2) is 24.0 Å². The van der Waals surface area contributed by atoms with Crippen LogP contribution in [0.25, 0.3) is 0 Å². The highest BCUT2D eigenvalue weighted by Crippen LogP contribution is 2.15. The Bertz CT molecular complexity index is 428. The van der Waals surface area contributed by atoms with Crippen LogP contribution in [0.15, 0.2) is 23.2 Å². The fraction of sp³-hybridized carbons (Fsp3) is 0.462. The molecule has 0 saturated heterocycles. The maximum absolute atomic E-state index is 13.0. The van der Waals surface area contributed by atoms with E-state index in [1.807, 2.05) is 0 Å². The van der Waals surface area contributed by atoms with Crippen LogP contribution in [-0.2, 0) is 6.42 Å². The summed E-state index contributed by atoms with van der Waals surface area (Å²) < 4.78 is 25.9. The molecule has 1 heterocycles. The Morgan fingerprint density at radius 2 is 2.06 bits per heavy atom. The molecule has 18 heavy (non-hydrogen) atoms. The van der Waals surface area contributed by atoms with Crippen LogP contribution >= 0.6 is 11.8 Å². The van der Waals surface area contributed by atoms with E-state index in [1.54, 1.807) is 11.8 Å². The van der Waals surface area contributed by atoms with Gasteiger partial charge in [-0.25, -0.2) is 8.78 Å². The number of aliphatic imine (C=N–C) groups is 1. The smallest absolute Gasteiger partial charge is 0.156 e.